The lowest BCUT2D eigenvalue weighted by Crippen LogP contribution is -2.43. The van der Waals surface area contributed by atoms with E-state index in [2.05, 4.69) is 11.8 Å². The Morgan fingerprint density at radius 2 is 1.91 bits per heavy atom. The van der Waals surface area contributed by atoms with E-state index < -0.39 is 0 Å². The summed E-state index contributed by atoms with van der Waals surface area (Å²) >= 11 is 0. The molecule has 0 aromatic heterocycles. The predicted octanol–water partition coefficient (Wildman–Crippen LogP) is 3.05. The van der Waals surface area contributed by atoms with Crippen LogP contribution in [0.2, 0.25) is 0 Å². The van der Waals surface area contributed by atoms with Crippen molar-refractivity contribution in [2.24, 2.45) is 5.92 Å². The van der Waals surface area contributed by atoms with Gasteiger partial charge in [0.2, 0.25) is 5.91 Å². The van der Waals surface area contributed by atoms with E-state index in [1.165, 1.54) is 31.4 Å². The van der Waals surface area contributed by atoms with Crippen molar-refractivity contribution >= 4 is 5.91 Å². The normalized spacial score (nSPS) is 22.3. The molecule has 1 atom stereocenters. The molecule has 120 valence electrons. The topological polar surface area (TPSA) is 23.6 Å². The van der Waals surface area contributed by atoms with Crippen LogP contribution >= 0.6 is 0 Å². The van der Waals surface area contributed by atoms with Gasteiger partial charge < -0.3 is 4.90 Å². The Balaban J connectivity index is 1.59. The minimum absolute atomic E-state index is 0.215. The summed E-state index contributed by atoms with van der Waals surface area (Å²) in [4.78, 5) is 16.7. The van der Waals surface area contributed by atoms with E-state index in [1.54, 1.807) is 12.1 Å². The second-order valence-electron chi connectivity index (χ2n) is 6.66. The van der Waals surface area contributed by atoms with Crippen molar-refractivity contribution in [1.82, 2.24) is 9.80 Å². The minimum Gasteiger partial charge on any atom is -0.337 e. The molecule has 0 N–H and O–H groups in total. The highest BCUT2D eigenvalue weighted by molar-refractivity contribution is 5.76. The van der Waals surface area contributed by atoms with Crippen LogP contribution in [0.3, 0.4) is 0 Å². The first-order valence-electron chi connectivity index (χ1n) is 8.40. The van der Waals surface area contributed by atoms with Crippen LogP contribution in [0.15, 0.2) is 24.3 Å². The quantitative estimate of drug-likeness (QED) is 0.853. The highest BCUT2D eigenvalue weighted by atomic mass is 19.1. The summed E-state index contributed by atoms with van der Waals surface area (Å²) in [5, 5.41) is 0. The largest absolute Gasteiger partial charge is 0.337 e. The first-order valence-corrected chi connectivity index (χ1v) is 8.40. The van der Waals surface area contributed by atoms with Gasteiger partial charge in [-0.15, -0.1) is 0 Å². The molecule has 2 aliphatic rings. The Bertz CT molecular complexity index is 512. The lowest BCUT2D eigenvalue weighted by Gasteiger charge is -2.38. The van der Waals surface area contributed by atoms with Gasteiger partial charge in [0.25, 0.3) is 0 Å². The molecule has 1 aromatic rings. The number of nitrogens with zero attached hydrogens (tertiary/aromatic N) is 2. The zero-order valence-electron chi connectivity index (χ0n) is 13.3. The van der Waals surface area contributed by atoms with Gasteiger partial charge in [-0.3, -0.25) is 9.69 Å². The van der Waals surface area contributed by atoms with Gasteiger partial charge in [0, 0.05) is 38.6 Å². The molecule has 3 rings (SSSR count). The second kappa shape index (κ2) is 6.78. The predicted molar refractivity (Wildman–Crippen MR) is 84.8 cm³/mol. The average molecular weight is 304 g/mol. The maximum absolute atomic E-state index is 13.0. The summed E-state index contributed by atoms with van der Waals surface area (Å²) in [5.41, 5.74) is 0.996. The maximum Gasteiger partial charge on any atom is 0.224 e. The fraction of sp³-hybridized carbons (Fsp3) is 0.611. The molecular weight excluding hydrogens is 279 g/mol. The van der Waals surface area contributed by atoms with Gasteiger partial charge >= 0.3 is 0 Å². The number of benzene rings is 1. The van der Waals surface area contributed by atoms with Gasteiger partial charge in [-0.2, -0.15) is 0 Å². The monoisotopic (exact) mass is 304 g/mol. The molecule has 1 aliphatic carbocycles. The van der Waals surface area contributed by atoms with Crippen molar-refractivity contribution < 1.29 is 9.18 Å². The van der Waals surface area contributed by atoms with Crippen molar-refractivity contribution in [3.63, 3.8) is 0 Å². The van der Waals surface area contributed by atoms with E-state index in [-0.39, 0.29) is 11.7 Å². The third-order valence-corrected chi connectivity index (χ3v) is 5.32. The second-order valence-corrected chi connectivity index (χ2v) is 6.66. The number of halogens is 1. The molecule has 4 heteroatoms. The highest BCUT2D eigenvalue weighted by Gasteiger charge is 2.30. The molecule has 2 fully saturated rings. The van der Waals surface area contributed by atoms with Crippen LogP contribution in [0.25, 0.3) is 0 Å². The zero-order valence-corrected chi connectivity index (χ0v) is 13.3. The van der Waals surface area contributed by atoms with Crippen LogP contribution in [0, 0.1) is 11.7 Å². The molecule has 1 aromatic carbocycles. The van der Waals surface area contributed by atoms with Crippen molar-refractivity contribution in [2.75, 3.05) is 19.6 Å². The van der Waals surface area contributed by atoms with E-state index >= 15 is 0 Å². The third kappa shape index (κ3) is 3.49. The molecule has 1 heterocycles. The van der Waals surface area contributed by atoms with Crippen LogP contribution in [0.1, 0.15) is 38.2 Å². The number of hydrogen-bond donors (Lipinski definition) is 0. The van der Waals surface area contributed by atoms with Crippen LogP contribution in [0.4, 0.5) is 4.39 Å². The summed E-state index contributed by atoms with van der Waals surface area (Å²) in [6.07, 6.45) is 4.63. The summed E-state index contributed by atoms with van der Waals surface area (Å²) in [7, 11) is 0. The number of amides is 1. The molecule has 1 saturated carbocycles. The van der Waals surface area contributed by atoms with Crippen LogP contribution in [-0.4, -0.2) is 41.4 Å². The minimum atomic E-state index is -0.230. The van der Waals surface area contributed by atoms with E-state index in [0.29, 0.717) is 19.0 Å². The fourth-order valence-corrected chi connectivity index (χ4v) is 3.49. The lowest BCUT2D eigenvalue weighted by atomic mass is 9.80. The number of hydrogen-bond acceptors (Lipinski definition) is 2. The van der Waals surface area contributed by atoms with Crippen molar-refractivity contribution in [3.05, 3.63) is 35.6 Å². The fourth-order valence-electron chi connectivity index (χ4n) is 3.49. The average Bonchev–Trinajstić information content (AvgIpc) is 2.62. The van der Waals surface area contributed by atoms with Crippen molar-refractivity contribution in [1.29, 1.82) is 0 Å². The first-order chi connectivity index (χ1) is 10.6. The Kier molecular flexibility index (Phi) is 4.77. The molecule has 1 saturated heterocycles. The molecule has 0 bridgehead atoms. The highest BCUT2D eigenvalue weighted by Crippen LogP contribution is 2.32. The molecule has 3 nitrogen and oxygen atoms in total. The van der Waals surface area contributed by atoms with Crippen molar-refractivity contribution in [2.45, 2.75) is 45.2 Å². The standard InChI is InChI=1S/C18H25FN2O/c1-14(16-3-2-4-16)20-10-9-18(22)21(12-11-20)13-15-5-7-17(19)8-6-15/h5-8,14,16H,2-4,9-13H2,1H3/t14-/m0/s1. The Morgan fingerprint density at radius 3 is 2.55 bits per heavy atom. The summed E-state index contributed by atoms with van der Waals surface area (Å²) in [6.45, 7) is 5.49. The van der Waals surface area contributed by atoms with Gasteiger partial charge in [0.15, 0.2) is 0 Å². The summed E-state index contributed by atoms with van der Waals surface area (Å²) in [6, 6.07) is 7.04. The maximum atomic E-state index is 13.0. The number of rotatable bonds is 4. The molecule has 1 aliphatic heterocycles. The van der Waals surface area contributed by atoms with Crippen LogP contribution in [0.5, 0.6) is 0 Å². The Hall–Kier alpha value is -1.42. The van der Waals surface area contributed by atoms with Crippen molar-refractivity contribution in [3.8, 4) is 0 Å². The Morgan fingerprint density at radius 1 is 1.18 bits per heavy atom. The van der Waals surface area contributed by atoms with Gasteiger partial charge in [-0.05, 0) is 43.4 Å². The Labute approximate surface area is 132 Å². The zero-order chi connectivity index (χ0) is 15.5. The molecular formula is C18H25FN2O. The van der Waals surface area contributed by atoms with E-state index in [9.17, 15) is 9.18 Å². The van der Waals surface area contributed by atoms with Crippen LogP contribution < -0.4 is 0 Å². The first kappa shape index (κ1) is 15.5. The SMILES string of the molecule is C[C@@H](C1CCC1)N1CCC(=O)N(Cc2ccc(F)cc2)CC1. The smallest absolute Gasteiger partial charge is 0.224 e. The lowest BCUT2D eigenvalue weighted by molar-refractivity contribution is -0.130. The van der Waals surface area contributed by atoms with Gasteiger partial charge in [0.1, 0.15) is 5.82 Å². The molecule has 0 spiro atoms. The van der Waals surface area contributed by atoms with E-state index in [1.807, 2.05) is 4.90 Å². The van der Waals surface area contributed by atoms with Gasteiger partial charge in [-0.25, -0.2) is 4.39 Å². The van der Waals surface area contributed by atoms with Crippen LogP contribution in [-0.2, 0) is 11.3 Å². The molecule has 0 unspecified atom stereocenters. The van der Waals surface area contributed by atoms with E-state index in [0.717, 1.165) is 31.1 Å². The van der Waals surface area contributed by atoms with Gasteiger partial charge in [-0.1, -0.05) is 18.6 Å². The third-order valence-electron chi connectivity index (χ3n) is 5.32. The number of carbonyl (C=O) groups excluding carboxylic acids is 1. The number of carbonyl (C=O) groups is 1. The van der Waals surface area contributed by atoms with Gasteiger partial charge in [0.05, 0.1) is 0 Å². The van der Waals surface area contributed by atoms with E-state index in [4.69, 9.17) is 0 Å². The summed E-state index contributed by atoms with van der Waals surface area (Å²) < 4.78 is 13.0. The molecule has 0 radical (unpaired) electrons. The summed E-state index contributed by atoms with van der Waals surface area (Å²) in [5.74, 6) is 0.804. The molecule has 1 amide bonds. The molecule has 22 heavy (non-hydrogen) atoms.